The molecule has 0 amide bonds. The summed E-state index contributed by atoms with van der Waals surface area (Å²) in [5, 5.41) is 10.9. The van der Waals surface area contributed by atoms with Crippen molar-refractivity contribution in [1.29, 1.82) is 0 Å². The van der Waals surface area contributed by atoms with Gasteiger partial charge in [0.1, 0.15) is 0 Å². The van der Waals surface area contributed by atoms with Gasteiger partial charge in [0.25, 0.3) is 5.69 Å². The molecule has 1 N–H and O–H groups in total. The fourth-order valence-corrected chi connectivity index (χ4v) is 4.81. The van der Waals surface area contributed by atoms with Gasteiger partial charge in [-0.05, 0) is 18.9 Å². The molecule has 1 aliphatic heterocycles. The van der Waals surface area contributed by atoms with Crippen molar-refractivity contribution in [2.24, 2.45) is 0 Å². The molecule has 1 aromatic carbocycles. The fourth-order valence-electron chi connectivity index (χ4n) is 2.03. The largest absolute Gasteiger partial charge is 0.289 e. The Morgan fingerprint density at radius 1 is 1.25 bits per heavy atom. The predicted molar refractivity (Wildman–Crippen MR) is 74.3 cm³/mol. The molecule has 7 nitrogen and oxygen atoms in total. The van der Waals surface area contributed by atoms with E-state index in [9.17, 15) is 22.7 Å². The number of nitrogens with one attached hydrogen (secondary N) is 1. The molecule has 0 unspecified atom stereocenters. The van der Waals surface area contributed by atoms with E-state index in [-0.39, 0.29) is 10.9 Å². The van der Waals surface area contributed by atoms with Crippen LogP contribution >= 0.6 is 0 Å². The van der Waals surface area contributed by atoms with E-state index in [0.29, 0.717) is 24.3 Å². The molecular weight excluding hydrogens is 304 g/mol. The summed E-state index contributed by atoms with van der Waals surface area (Å²) in [6.07, 6.45) is 0.957. The van der Waals surface area contributed by atoms with Crippen LogP contribution in [0.1, 0.15) is 12.8 Å². The van der Waals surface area contributed by atoms with Crippen molar-refractivity contribution in [2.45, 2.75) is 23.8 Å². The molecule has 0 saturated carbocycles. The Bertz CT molecular complexity index is 634. The molecule has 1 aliphatic rings. The van der Waals surface area contributed by atoms with Gasteiger partial charge in [-0.15, -0.1) is 0 Å². The Labute approximate surface area is 119 Å². The van der Waals surface area contributed by atoms with Crippen LogP contribution in [0.2, 0.25) is 0 Å². The van der Waals surface area contributed by atoms with Gasteiger partial charge in [-0.3, -0.25) is 14.3 Å². The third kappa shape index (κ3) is 3.41. The van der Waals surface area contributed by atoms with Crippen LogP contribution in [0.5, 0.6) is 0 Å². The fraction of sp³-hybridized carbons (Fsp3) is 0.455. The molecule has 1 saturated heterocycles. The molecule has 1 aromatic rings. The van der Waals surface area contributed by atoms with Crippen molar-refractivity contribution in [2.75, 3.05) is 11.5 Å². The summed E-state index contributed by atoms with van der Waals surface area (Å²) in [5.41, 5.74) is -0.445. The maximum absolute atomic E-state index is 12.2. The highest BCUT2D eigenvalue weighted by Gasteiger charge is 2.29. The van der Waals surface area contributed by atoms with Crippen molar-refractivity contribution < 1.29 is 17.6 Å². The Balaban J connectivity index is 2.23. The summed E-state index contributed by atoms with van der Waals surface area (Å²) in [7, 11) is -4.83. The van der Waals surface area contributed by atoms with E-state index in [0.717, 1.165) is 6.07 Å². The average molecular weight is 318 g/mol. The zero-order valence-corrected chi connectivity index (χ0v) is 12.2. The van der Waals surface area contributed by atoms with Crippen LogP contribution in [0.3, 0.4) is 0 Å². The van der Waals surface area contributed by atoms with Crippen LogP contribution in [0.15, 0.2) is 29.2 Å². The lowest BCUT2D eigenvalue weighted by Gasteiger charge is -2.22. The number of nitrogens with zero attached hydrogens (tertiary/aromatic N) is 1. The number of nitro groups is 1. The van der Waals surface area contributed by atoms with Crippen LogP contribution in [0.25, 0.3) is 0 Å². The van der Waals surface area contributed by atoms with Gasteiger partial charge >= 0.3 is 0 Å². The summed E-state index contributed by atoms with van der Waals surface area (Å²) in [5.74, 6) is 0.897. The first kappa shape index (κ1) is 15.1. The summed E-state index contributed by atoms with van der Waals surface area (Å²) in [6.45, 7) is 0. The standard InChI is InChI=1S/C11H14N2O5S2/c14-13(15)10-3-1-2-4-11(10)20(17,18)12-9-5-7-19(16)8-6-9/h1-4,9,12H,5-8H2. The van der Waals surface area contributed by atoms with E-state index in [1.807, 2.05) is 0 Å². The van der Waals surface area contributed by atoms with Crippen LogP contribution < -0.4 is 4.72 Å². The van der Waals surface area contributed by atoms with Crippen LogP contribution in [-0.2, 0) is 20.8 Å². The minimum Gasteiger partial charge on any atom is -0.260 e. The topological polar surface area (TPSA) is 106 Å². The first-order valence-electron chi connectivity index (χ1n) is 6.01. The minimum atomic E-state index is -3.94. The first-order valence-corrected chi connectivity index (χ1v) is 8.98. The number of rotatable bonds is 4. The van der Waals surface area contributed by atoms with Crippen molar-refractivity contribution in [1.82, 2.24) is 4.72 Å². The monoisotopic (exact) mass is 318 g/mol. The van der Waals surface area contributed by atoms with Crippen molar-refractivity contribution in [3.8, 4) is 0 Å². The Kier molecular flexibility index (Phi) is 4.51. The van der Waals surface area contributed by atoms with Crippen molar-refractivity contribution >= 4 is 26.5 Å². The second-order valence-electron chi connectivity index (χ2n) is 4.47. The number of benzene rings is 1. The highest BCUT2D eigenvalue weighted by atomic mass is 32.2. The lowest BCUT2D eigenvalue weighted by Crippen LogP contribution is -2.39. The van der Waals surface area contributed by atoms with E-state index < -0.39 is 31.4 Å². The van der Waals surface area contributed by atoms with Crippen molar-refractivity contribution in [3.05, 3.63) is 34.4 Å². The molecule has 0 aromatic heterocycles. The number of sulfonamides is 1. The molecule has 9 heteroatoms. The summed E-state index contributed by atoms with van der Waals surface area (Å²) in [4.78, 5) is 9.82. The number of hydrogen-bond acceptors (Lipinski definition) is 5. The third-order valence-corrected chi connectivity index (χ3v) is 6.01. The zero-order valence-electron chi connectivity index (χ0n) is 10.5. The van der Waals surface area contributed by atoms with Crippen LogP contribution in [-0.4, -0.2) is 35.1 Å². The molecular formula is C11H14N2O5S2. The second-order valence-corrected chi connectivity index (χ2v) is 7.85. The number of hydrogen-bond donors (Lipinski definition) is 1. The third-order valence-electron chi connectivity index (χ3n) is 3.06. The first-order chi connectivity index (χ1) is 9.40. The smallest absolute Gasteiger partial charge is 0.260 e. The molecule has 1 fully saturated rings. The van der Waals surface area contributed by atoms with E-state index in [1.54, 1.807) is 0 Å². The normalized spacial score (nSPS) is 23.4. The highest BCUT2D eigenvalue weighted by Crippen LogP contribution is 2.23. The van der Waals surface area contributed by atoms with E-state index in [4.69, 9.17) is 0 Å². The van der Waals surface area contributed by atoms with Gasteiger partial charge in [0.2, 0.25) is 10.0 Å². The lowest BCUT2D eigenvalue weighted by atomic mass is 10.2. The quantitative estimate of drug-likeness (QED) is 0.652. The van der Waals surface area contributed by atoms with E-state index in [2.05, 4.69) is 4.72 Å². The molecule has 20 heavy (non-hydrogen) atoms. The lowest BCUT2D eigenvalue weighted by molar-refractivity contribution is -0.387. The molecule has 1 heterocycles. The summed E-state index contributed by atoms with van der Waals surface area (Å²) in [6, 6.07) is 4.90. The van der Waals surface area contributed by atoms with Gasteiger partial charge in [0, 0.05) is 34.4 Å². The van der Waals surface area contributed by atoms with Gasteiger partial charge in [-0.1, -0.05) is 12.1 Å². The van der Waals surface area contributed by atoms with Crippen molar-refractivity contribution in [3.63, 3.8) is 0 Å². The predicted octanol–water partition coefficient (Wildman–Crippen LogP) is 0.784. The SMILES string of the molecule is O=[N+]([O-])c1ccccc1S(=O)(=O)NC1CCS(=O)CC1. The maximum atomic E-state index is 12.2. The summed E-state index contributed by atoms with van der Waals surface area (Å²) >= 11 is 0. The van der Waals surface area contributed by atoms with E-state index in [1.165, 1.54) is 18.2 Å². The van der Waals surface area contributed by atoms with Gasteiger partial charge in [0.05, 0.1) is 4.92 Å². The van der Waals surface area contributed by atoms with Gasteiger partial charge in [-0.2, -0.15) is 0 Å². The molecule has 0 aliphatic carbocycles. The van der Waals surface area contributed by atoms with E-state index >= 15 is 0 Å². The Morgan fingerprint density at radius 3 is 2.45 bits per heavy atom. The zero-order chi connectivity index (χ0) is 14.8. The molecule has 0 atom stereocenters. The summed E-state index contributed by atoms with van der Waals surface area (Å²) < 4.78 is 38.1. The van der Waals surface area contributed by atoms with Crippen LogP contribution in [0, 0.1) is 10.1 Å². The number of nitro benzene ring substituents is 1. The van der Waals surface area contributed by atoms with Gasteiger partial charge in [0.15, 0.2) is 4.90 Å². The molecule has 0 spiro atoms. The molecule has 0 bridgehead atoms. The second kappa shape index (κ2) is 5.98. The number of para-hydroxylation sites is 1. The van der Waals surface area contributed by atoms with Crippen LogP contribution in [0.4, 0.5) is 5.69 Å². The van der Waals surface area contributed by atoms with Gasteiger partial charge in [-0.25, -0.2) is 13.1 Å². The molecule has 0 radical (unpaired) electrons. The minimum absolute atomic E-state index is 0.322. The highest BCUT2D eigenvalue weighted by molar-refractivity contribution is 7.89. The molecule has 110 valence electrons. The van der Waals surface area contributed by atoms with Gasteiger partial charge < -0.3 is 0 Å². The average Bonchev–Trinajstić information content (AvgIpc) is 2.41. The maximum Gasteiger partial charge on any atom is 0.289 e. The molecule has 2 rings (SSSR count). The Morgan fingerprint density at radius 2 is 1.85 bits per heavy atom. The Hall–Kier alpha value is -1.32.